The highest BCUT2D eigenvalue weighted by Gasteiger charge is 2.31. The maximum Gasteiger partial charge on any atom is 0.303 e. The zero-order chi connectivity index (χ0) is 25.7. The number of Topliss-reactive ketones (excluding diaryl/α,β-unsaturated/α-hetero) is 1. The maximum atomic E-state index is 13.3. The van der Waals surface area contributed by atoms with E-state index in [1.165, 1.54) is 22.9 Å². The minimum absolute atomic E-state index is 0.0296. The number of nitrogens with zero attached hydrogens (tertiary/aromatic N) is 2. The molecule has 6 nitrogen and oxygen atoms in total. The van der Waals surface area contributed by atoms with Crippen molar-refractivity contribution < 1.29 is 23.8 Å². The summed E-state index contributed by atoms with van der Waals surface area (Å²) in [6.07, 6.45) is 3.31. The zero-order valence-corrected chi connectivity index (χ0v) is 22.3. The highest BCUT2D eigenvalue weighted by atomic mass is 35.5. The van der Waals surface area contributed by atoms with E-state index in [0.717, 1.165) is 29.5 Å². The minimum atomic E-state index is -0.822. The van der Waals surface area contributed by atoms with Gasteiger partial charge in [-0.25, -0.2) is 4.39 Å². The van der Waals surface area contributed by atoms with Crippen molar-refractivity contribution in [2.45, 2.75) is 29.9 Å². The summed E-state index contributed by atoms with van der Waals surface area (Å²) in [5, 5.41) is 12.0. The number of hydrogen-bond donors (Lipinski definition) is 1. The smallest absolute Gasteiger partial charge is 0.303 e. The van der Waals surface area contributed by atoms with Gasteiger partial charge in [0.25, 0.3) is 0 Å². The molecule has 4 rings (SSSR count). The van der Waals surface area contributed by atoms with Crippen LogP contribution in [-0.4, -0.2) is 59.2 Å². The van der Waals surface area contributed by atoms with Crippen LogP contribution in [0.25, 0.3) is 10.9 Å². The van der Waals surface area contributed by atoms with Gasteiger partial charge in [0, 0.05) is 54.2 Å². The summed E-state index contributed by atoms with van der Waals surface area (Å²) in [6.45, 7) is 2.34. The van der Waals surface area contributed by atoms with E-state index in [9.17, 15) is 19.1 Å². The number of carbonyl (C=O) groups is 2. The number of likely N-dealkylation sites (tertiary alicyclic amines) is 1. The van der Waals surface area contributed by atoms with Crippen LogP contribution >= 0.6 is 34.7 Å². The molecule has 1 saturated heterocycles. The number of pyridine rings is 1. The summed E-state index contributed by atoms with van der Waals surface area (Å²) >= 11 is 9.41. The summed E-state index contributed by atoms with van der Waals surface area (Å²) < 4.78 is 19.4. The second-order valence-electron chi connectivity index (χ2n) is 8.97. The molecule has 0 radical (unpaired) electrons. The normalized spacial score (nSPS) is 18.4. The standard InChI is InChI=1S/C26H28ClFN2O4S2/c1-34-19-3-4-22-20(12-19)26(21(27)13-29-22)23(31)5-2-16-6-7-30(14-17(16)10-24(32)33)8-9-35-25-11-18(28)15-36-25/h3-4,11-13,15-17H,2,5-10,14H2,1H3,(H,32,33)/t16-,17-/m1/s1. The number of hydrogen-bond acceptors (Lipinski definition) is 7. The molecule has 1 N–H and O–H groups in total. The van der Waals surface area contributed by atoms with Gasteiger partial charge in [0.15, 0.2) is 5.78 Å². The molecule has 192 valence electrons. The highest BCUT2D eigenvalue weighted by Crippen LogP contribution is 2.34. The molecule has 0 bridgehead atoms. The summed E-state index contributed by atoms with van der Waals surface area (Å²) in [4.78, 5) is 31.5. The first kappa shape index (κ1) is 26.9. The lowest BCUT2D eigenvalue weighted by Crippen LogP contribution is -2.42. The zero-order valence-electron chi connectivity index (χ0n) is 19.9. The van der Waals surface area contributed by atoms with Crippen LogP contribution in [0.4, 0.5) is 4.39 Å². The van der Waals surface area contributed by atoms with E-state index in [1.807, 2.05) is 0 Å². The Balaban J connectivity index is 1.38. The Morgan fingerprint density at radius 1 is 1.33 bits per heavy atom. The lowest BCUT2D eigenvalue weighted by Gasteiger charge is -2.38. The summed E-state index contributed by atoms with van der Waals surface area (Å²) in [6, 6.07) is 6.90. The molecule has 0 spiro atoms. The van der Waals surface area contributed by atoms with E-state index in [4.69, 9.17) is 16.3 Å². The molecule has 0 saturated carbocycles. The second-order valence-corrected chi connectivity index (χ2v) is 11.7. The average Bonchev–Trinajstić information content (AvgIpc) is 3.27. The second kappa shape index (κ2) is 12.4. The van der Waals surface area contributed by atoms with E-state index in [-0.39, 0.29) is 36.3 Å². The number of methoxy groups -OCH3 is 1. The maximum absolute atomic E-state index is 13.3. The van der Waals surface area contributed by atoms with E-state index in [0.29, 0.717) is 40.2 Å². The van der Waals surface area contributed by atoms with Crippen molar-refractivity contribution in [1.82, 2.24) is 9.88 Å². The van der Waals surface area contributed by atoms with Crippen molar-refractivity contribution in [2.75, 3.05) is 32.5 Å². The van der Waals surface area contributed by atoms with Gasteiger partial charge in [0.1, 0.15) is 11.6 Å². The van der Waals surface area contributed by atoms with Crippen molar-refractivity contribution >= 4 is 57.4 Å². The van der Waals surface area contributed by atoms with Crippen LogP contribution < -0.4 is 4.74 Å². The third-order valence-corrected chi connectivity index (χ3v) is 9.07. The van der Waals surface area contributed by atoms with Crippen LogP contribution in [0.1, 0.15) is 36.0 Å². The minimum Gasteiger partial charge on any atom is -0.497 e. The van der Waals surface area contributed by atoms with Crippen LogP contribution in [0.5, 0.6) is 5.75 Å². The fraction of sp³-hybridized carbons (Fsp3) is 0.423. The van der Waals surface area contributed by atoms with Crippen molar-refractivity contribution in [3.05, 3.63) is 52.2 Å². The van der Waals surface area contributed by atoms with Gasteiger partial charge in [0.2, 0.25) is 0 Å². The van der Waals surface area contributed by atoms with E-state index >= 15 is 0 Å². The van der Waals surface area contributed by atoms with Gasteiger partial charge < -0.3 is 14.7 Å². The fourth-order valence-electron chi connectivity index (χ4n) is 4.84. The number of aromatic nitrogens is 1. The lowest BCUT2D eigenvalue weighted by atomic mass is 9.79. The third-order valence-electron chi connectivity index (χ3n) is 6.66. The Morgan fingerprint density at radius 2 is 2.17 bits per heavy atom. The molecule has 0 amide bonds. The van der Waals surface area contributed by atoms with Gasteiger partial charge in [-0.15, -0.1) is 23.1 Å². The Morgan fingerprint density at radius 3 is 2.89 bits per heavy atom. The predicted octanol–water partition coefficient (Wildman–Crippen LogP) is 6.27. The Hall–Kier alpha value is -2.20. The monoisotopic (exact) mass is 550 g/mol. The van der Waals surface area contributed by atoms with Crippen molar-refractivity contribution in [3.63, 3.8) is 0 Å². The van der Waals surface area contributed by atoms with Gasteiger partial charge in [0.05, 0.1) is 21.9 Å². The molecule has 36 heavy (non-hydrogen) atoms. The number of thioether (sulfide) groups is 1. The first-order valence-electron chi connectivity index (χ1n) is 11.8. The predicted molar refractivity (Wildman–Crippen MR) is 142 cm³/mol. The van der Waals surface area contributed by atoms with Crippen molar-refractivity contribution in [1.29, 1.82) is 0 Å². The Labute approximate surface area is 222 Å². The van der Waals surface area contributed by atoms with Crippen molar-refractivity contribution in [2.24, 2.45) is 11.8 Å². The number of thiophene rings is 1. The number of fused-ring (bicyclic) bond motifs is 1. The number of carboxylic acid groups (broad SMARTS) is 1. The fourth-order valence-corrected chi connectivity index (χ4v) is 6.99. The Kier molecular flexibility index (Phi) is 9.22. The molecule has 10 heteroatoms. The number of aliphatic carboxylic acids is 1. The molecule has 3 heterocycles. The van der Waals surface area contributed by atoms with Gasteiger partial charge >= 0.3 is 5.97 Å². The van der Waals surface area contributed by atoms with Crippen LogP contribution in [0.2, 0.25) is 5.02 Å². The van der Waals surface area contributed by atoms with E-state index < -0.39 is 5.97 Å². The number of ether oxygens (including phenoxy) is 1. The van der Waals surface area contributed by atoms with E-state index in [2.05, 4.69) is 9.88 Å². The first-order chi connectivity index (χ1) is 17.3. The van der Waals surface area contributed by atoms with Crippen LogP contribution in [-0.2, 0) is 4.79 Å². The average molecular weight is 551 g/mol. The number of carbonyl (C=O) groups excluding carboxylic acids is 1. The topological polar surface area (TPSA) is 79.7 Å². The summed E-state index contributed by atoms with van der Waals surface area (Å²) in [5.41, 5.74) is 1.11. The third kappa shape index (κ3) is 6.76. The molecule has 2 atom stereocenters. The number of rotatable bonds is 11. The van der Waals surface area contributed by atoms with Gasteiger partial charge in [-0.2, -0.15) is 0 Å². The largest absolute Gasteiger partial charge is 0.497 e. The number of benzene rings is 1. The van der Waals surface area contributed by atoms with Gasteiger partial charge in [-0.05, 0) is 55.5 Å². The van der Waals surface area contributed by atoms with Crippen molar-refractivity contribution in [3.8, 4) is 5.75 Å². The number of halogens is 2. The Bertz CT molecular complexity index is 1240. The highest BCUT2D eigenvalue weighted by molar-refractivity contribution is 8.01. The molecule has 1 aliphatic rings. The SMILES string of the molecule is COc1ccc2ncc(Cl)c(C(=O)CC[C@@H]3CCN(CCSc4cc(F)cs4)C[C@H]3CC(=O)O)c2c1. The number of ketones is 1. The number of carboxylic acids is 1. The van der Waals surface area contributed by atoms with Crippen LogP contribution in [0, 0.1) is 17.7 Å². The number of piperidine rings is 1. The molecule has 2 aromatic heterocycles. The molecule has 1 aliphatic heterocycles. The van der Waals surface area contributed by atoms with Crippen LogP contribution in [0.15, 0.2) is 40.1 Å². The molecular weight excluding hydrogens is 523 g/mol. The molecule has 3 aromatic rings. The summed E-state index contributed by atoms with van der Waals surface area (Å²) in [5.74, 6) is 0.449. The molecular formula is C26H28ClFN2O4S2. The van der Waals surface area contributed by atoms with Gasteiger partial charge in [-0.3, -0.25) is 14.6 Å². The molecule has 0 unspecified atom stereocenters. The molecule has 0 aliphatic carbocycles. The van der Waals surface area contributed by atoms with E-state index in [1.54, 1.807) is 43.1 Å². The first-order valence-corrected chi connectivity index (χ1v) is 14.0. The van der Waals surface area contributed by atoms with Gasteiger partial charge in [-0.1, -0.05) is 11.6 Å². The molecule has 1 fully saturated rings. The quantitative estimate of drug-likeness (QED) is 0.223. The summed E-state index contributed by atoms with van der Waals surface area (Å²) in [7, 11) is 1.57. The molecule has 1 aromatic carbocycles. The lowest BCUT2D eigenvalue weighted by molar-refractivity contribution is -0.139. The van der Waals surface area contributed by atoms with Crippen LogP contribution in [0.3, 0.4) is 0 Å².